The van der Waals surface area contributed by atoms with E-state index in [0.717, 1.165) is 28.2 Å². The Morgan fingerprint density at radius 3 is 2.72 bits per heavy atom. The highest BCUT2D eigenvalue weighted by Gasteiger charge is 2.12. The van der Waals surface area contributed by atoms with Crippen LogP contribution in [-0.2, 0) is 0 Å². The number of pyridine rings is 1. The Kier molecular flexibility index (Phi) is 3.85. The summed E-state index contributed by atoms with van der Waals surface area (Å²) in [5.41, 5.74) is 4.80. The molecule has 3 heterocycles. The minimum Gasteiger partial charge on any atom is -0.345 e. The van der Waals surface area contributed by atoms with Gasteiger partial charge in [-0.05, 0) is 49.7 Å². The van der Waals surface area contributed by atoms with Crippen LogP contribution in [0.15, 0.2) is 54.9 Å². The molecule has 0 fully saturated rings. The SMILES string of the molecule is Cc1ccc2nc([C@H](C)Nc3nccc(-c4ccccn4)n3)[nH]c2c1. The van der Waals surface area contributed by atoms with Gasteiger partial charge in [0.2, 0.25) is 5.95 Å². The standard InChI is InChI=1S/C19H18N6/c1-12-6-7-15-17(11-12)24-18(23-15)13(2)22-19-21-10-8-16(25-19)14-5-3-4-9-20-14/h3-11,13H,1-2H3,(H,23,24)(H,21,22,25)/t13-/m0/s1. The van der Waals surface area contributed by atoms with Crippen LogP contribution in [0.2, 0.25) is 0 Å². The number of aromatic amines is 1. The highest BCUT2D eigenvalue weighted by Crippen LogP contribution is 2.20. The van der Waals surface area contributed by atoms with Gasteiger partial charge >= 0.3 is 0 Å². The van der Waals surface area contributed by atoms with E-state index in [4.69, 9.17) is 0 Å². The van der Waals surface area contributed by atoms with Crippen molar-refractivity contribution < 1.29 is 0 Å². The molecule has 2 N–H and O–H groups in total. The number of nitrogens with zero attached hydrogens (tertiary/aromatic N) is 4. The smallest absolute Gasteiger partial charge is 0.223 e. The summed E-state index contributed by atoms with van der Waals surface area (Å²) in [5.74, 6) is 1.40. The van der Waals surface area contributed by atoms with Gasteiger partial charge in [0.1, 0.15) is 5.82 Å². The van der Waals surface area contributed by atoms with Crippen LogP contribution in [0.1, 0.15) is 24.4 Å². The number of benzene rings is 1. The monoisotopic (exact) mass is 330 g/mol. The number of aryl methyl sites for hydroxylation is 1. The fraction of sp³-hybridized carbons (Fsp3) is 0.158. The van der Waals surface area contributed by atoms with Crippen molar-refractivity contribution >= 4 is 17.0 Å². The Morgan fingerprint density at radius 2 is 1.88 bits per heavy atom. The number of nitrogens with one attached hydrogen (secondary N) is 2. The second kappa shape index (κ2) is 6.32. The minimum atomic E-state index is -0.0494. The van der Waals surface area contributed by atoms with Crippen LogP contribution in [0, 0.1) is 6.92 Å². The summed E-state index contributed by atoms with van der Waals surface area (Å²) < 4.78 is 0. The van der Waals surface area contributed by atoms with Crippen LogP contribution in [0.25, 0.3) is 22.4 Å². The zero-order valence-electron chi connectivity index (χ0n) is 14.1. The number of rotatable bonds is 4. The zero-order valence-corrected chi connectivity index (χ0v) is 14.1. The van der Waals surface area contributed by atoms with Gasteiger partial charge in [-0.25, -0.2) is 15.0 Å². The van der Waals surface area contributed by atoms with Gasteiger partial charge in [0.15, 0.2) is 0 Å². The summed E-state index contributed by atoms with van der Waals surface area (Å²) in [7, 11) is 0. The Hall–Kier alpha value is -3.28. The number of H-pyrrole nitrogens is 1. The van der Waals surface area contributed by atoms with E-state index in [1.807, 2.05) is 37.3 Å². The molecule has 0 unspecified atom stereocenters. The van der Waals surface area contributed by atoms with Gasteiger partial charge in [0, 0.05) is 12.4 Å². The fourth-order valence-corrected chi connectivity index (χ4v) is 2.70. The maximum atomic E-state index is 4.64. The molecule has 0 amide bonds. The topological polar surface area (TPSA) is 79.4 Å². The van der Waals surface area contributed by atoms with Crippen molar-refractivity contribution in [3.8, 4) is 11.4 Å². The molecule has 1 aromatic carbocycles. The predicted octanol–water partition coefficient (Wildman–Crippen LogP) is 3.90. The number of imidazole rings is 1. The second-order valence-corrected chi connectivity index (χ2v) is 5.99. The van der Waals surface area contributed by atoms with Crippen molar-refractivity contribution in [1.29, 1.82) is 0 Å². The van der Waals surface area contributed by atoms with Crippen molar-refractivity contribution in [2.24, 2.45) is 0 Å². The fourth-order valence-electron chi connectivity index (χ4n) is 2.70. The van der Waals surface area contributed by atoms with Gasteiger partial charge in [-0.3, -0.25) is 4.98 Å². The molecule has 0 aliphatic carbocycles. The molecular weight excluding hydrogens is 312 g/mol. The summed E-state index contributed by atoms with van der Waals surface area (Å²) in [5, 5.41) is 3.30. The van der Waals surface area contributed by atoms with Crippen LogP contribution in [0.4, 0.5) is 5.95 Å². The van der Waals surface area contributed by atoms with Crippen LogP contribution in [0.3, 0.4) is 0 Å². The molecule has 124 valence electrons. The molecule has 3 aromatic heterocycles. The van der Waals surface area contributed by atoms with Crippen molar-refractivity contribution in [2.45, 2.75) is 19.9 Å². The summed E-state index contributed by atoms with van der Waals surface area (Å²) in [6.07, 6.45) is 3.48. The first-order valence-corrected chi connectivity index (χ1v) is 8.16. The molecule has 0 bridgehead atoms. The summed E-state index contributed by atoms with van der Waals surface area (Å²) in [6, 6.07) is 13.7. The molecule has 25 heavy (non-hydrogen) atoms. The summed E-state index contributed by atoms with van der Waals surface area (Å²) >= 11 is 0. The number of fused-ring (bicyclic) bond motifs is 1. The normalized spacial score (nSPS) is 12.2. The van der Waals surface area contributed by atoms with Crippen molar-refractivity contribution in [2.75, 3.05) is 5.32 Å². The first-order valence-electron chi connectivity index (χ1n) is 8.16. The molecule has 4 aromatic rings. The molecule has 6 heteroatoms. The molecular formula is C19H18N6. The molecule has 0 saturated heterocycles. The van der Waals surface area contributed by atoms with Gasteiger partial charge < -0.3 is 10.3 Å². The van der Waals surface area contributed by atoms with Crippen LogP contribution < -0.4 is 5.32 Å². The highest BCUT2D eigenvalue weighted by atomic mass is 15.1. The van der Waals surface area contributed by atoms with E-state index < -0.39 is 0 Å². The van der Waals surface area contributed by atoms with Crippen molar-refractivity contribution in [3.05, 3.63) is 66.2 Å². The lowest BCUT2D eigenvalue weighted by Gasteiger charge is -2.11. The molecule has 6 nitrogen and oxygen atoms in total. The Balaban J connectivity index is 1.58. The van der Waals surface area contributed by atoms with Gasteiger partial charge in [-0.15, -0.1) is 0 Å². The first kappa shape index (κ1) is 15.3. The van der Waals surface area contributed by atoms with E-state index in [9.17, 15) is 0 Å². The van der Waals surface area contributed by atoms with Gasteiger partial charge in [0.25, 0.3) is 0 Å². The minimum absolute atomic E-state index is 0.0494. The summed E-state index contributed by atoms with van der Waals surface area (Å²) in [6.45, 7) is 4.10. The molecule has 0 spiro atoms. The zero-order chi connectivity index (χ0) is 17.2. The summed E-state index contributed by atoms with van der Waals surface area (Å²) in [4.78, 5) is 21.2. The van der Waals surface area contributed by atoms with E-state index in [-0.39, 0.29) is 6.04 Å². The lowest BCUT2D eigenvalue weighted by molar-refractivity contribution is 0.800. The molecule has 0 saturated carbocycles. The van der Waals surface area contributed by atoms with Gasteiger partial charge in [-0.2, -0.15) is 0 Å². The lowest BCUT2D eigenvalue weighted by atomic mass is 10.2. The van der Waals surface area contributed by atoms with E-state index in [0.29, 0.717) is 5.95 Å². The Morgan fingerprint density at radius 1 is 0.960 bits per heavy atom. The van der Waals surface area contributed by atoms with Crippen molar-refractivity contribution in [3.63, 3.8) is 0 Å². The number of aromatic nitrogens is 5. The average Bonchev–Trinajstić information content (AvgIpc) is 3.06. The quantitative estimate of drug-likeness (QED) is 0.593. The van der Waals surface area contributed by atoms with E-state index in [1.165, 1.54) is 5.56 Å². The van der Waals surface area contributed by atoms with Crippen LogP contribution >= 0.6 is 0 Å². The molecule has 0 aliphatic rings. The molecule has 0 radical (unpaired) electrons. The number of anilines is 1. The van der Waals surface area contributed by atoms with Crippen LogP contribution in [-0.4, -0.2) is 24.9 Å². The number of hydrogen-bond donors (Lipinski definition) is 2. The largest absolute Gasteiger partial charge is 0.345 e. The maximum absolute atomic E-state index is 4.64. The van der Waals surface area contributed by atoms with E-state index >= 15 is 0 Å². The van der Waals surface area contributed by atoms with Crippen molar-refractivity contribution in [1.82, 2.24) is 24.9 Å². The van der Waals surface area contributed by atoms with Gasteiger partial charge in [0.05, 0.1) is 28.5 Å². The predicted molar refractivity (Wildman–Crippen MR) is 98.1 cm³/mol. The molecule has 4 rings (SSSR count). The Labute approximate surface area is 145 Å². The number of hydrogen-bond acceptors (Lipinski definition) is 5. The van der Waals surface area contributed by atoms with Gasteiger partial charge in [-0.1, -0.05) is 12.1 Å². The average molecular weight is 330 g/mol. The Bertz CT molecular complexity index is 1010. The molecule has 0 aliphatic heterocycles. The highest BCUT2D eigenvalue weighted by molar-refractivity contribution is 5.76. The maximum Gasteiger partial charge on any atom is 0.223 e. The van der Waals surface area contributed by atoms with E-state index in [1.54, 1.807) is 12.4 Å². The third kappa shape index (κ3) is 3.19. The third-order valence-electron chi connectivity index (χ3n) is 3.99. The molecule has 1 atom stereocenters. The third-order valence-corrected chi connectivity index (χ3v) is 3.99. The lowest BCUT2D eigenvalue weighted by Crippen LogP contribution is -2.11. The van der Waals surface area contributed by atoms with Crippen LogP contribution in [0.5, 0.6) is 0 Å². The first-order chi connectivity index (χ1) is 12.2. The second-order valence-electron chi connectivity index (χ2n) is 5.99. The van der Waals surface area contributed by atoms with E-state index in [2.05, 4.69) is 49.3 Å².